The summed E-state index contributed by atoms with van der Waals surface area (Å²) in [6, 6.07) is 6.77. The van der Waals surface area contributed by atoms with Crippen molar-refractivity contribution >= 4 is 15.9 Å². The predicted octanol–water partition coefficient (Wildman–Crippen LogP) is 13.5. The molecule has 8 aliphatic carbocycles. The Kier molecular flexibility index (Phi) is 8.23. The highest BCUT2D eigenvalue weighted by molar-refractivity contribution is 9.10. The Morgan fingerprint density at radius 2 is 1.07 bits per heavy atom. The van der Waals surface area contributed by atoms with Crippen molar-refractivity contribution in [2.75, 3.05) is 0 Å². The van der Waals surface area contributed by atoms with E-state index in [1.54, 1.807) is 56.9 Å². The van der Waals surface area contributed by atoms with Crippen molar-refractivity contribution in [3.63, 3.8) is 0 Å². The second-order valence-corrected chi connectivity index (χ2v) is 19.8. The lowest BCUT2D eigenvalue weighted by Crippen LogP contribution is -2.70. The molecule has 2 heteroatoms. The molecule has 0 aromatic heterocycles. The summed E-state index contributed by atoms with van der Waals surface area (Å²) in [4.78, 5) is 0. The number of hydrogen-bond donors (Lipinski definition) is 1. The summed E-state index contributed by atoms with van der Waals surface area (Å²) in [5.41, 5.74) is 5.20. The maximum Gasteiger partial charge on any atom is 0.129 e. The number of rotatable bonds is 14. The fourth-order valence-corrected chi connectivity index (χ4v) is 15.9. The molecular formula is C42H65BrO. The zero-order valence-corrected chi connectivity index (χ0v) is 30.7. The first-order chi connectivity index (χ1) is 21.1. The van der Waals surface area contributed by atoms with Gasteiger partial charge in [0.15, 0.2) is 0 Å². The van der Waals surface area contributed by atoms with Crippen LogP contribution in [0, 0.1) is 38.4 Å². The average molecular weight is 666 g/mol. The number of phenolic OH excluding ortho intramolecular Hbond substituents is 1. The molecule has 9 rings (SSSR count). The maximum absolute atomic E-state index is 10.6. The Balaban J connectivity index is 1.39. The molecule has 4 atom stereocenters. The van der Waals surface area contributed by atoms with Crippen molar-refractivity contribution < 1.29 is 5.11 Å². The van der Waals surface area contributed by atoms with Gasteiger partial charge in [0, 0.05) is 0 Å². The second-order valence-electron chi connectivity index (χ2n) is 19.0. The highest BCUT2D eigenvalue weighted by Crippen LogP contribution is 2.85. The quantitative estimate of drug-likeness (QED) is 0.210. The molecule has 0 heterocycles. The lowest BCUT2D eigenvalue weighted by atomic mass is 9.25. The molecule has 1 N–H and O–H groups in total. The number of halogens is 1. The van der Waals surface area contributed by atoms with Crippen LogP contribution in [0.4, 0.5) is 0 Å². The summed E-state index contributed by atoms with van der Waals surface area (Å²) in [5, 5.41) is 10.6. The van der Waals surface area contributed by atoms with E-state index in [2.05, 4.69) is 55.8 Å². The average Bonchev–Trinajstić information content (AvgIpc) is 2.97. The molecule has 0 amide bonds. The zero-order valence-electron chi connectivity index (χ0n) is 29.1. The van der Waals surface area contributed by atoms with E-state index in [1.165, 1.54) is 103 Å². The van der Waals surface area contributed by atoms with E-state index in [9.17, 15) is 5.11 Å². The molecule has 0 spiro atoms. The van der Waals surface area contributed by atoms with Gasteiger partial charge in [-0.3, -0.25) is 0 Å². The van der Waals surface area contributed by atoms with E-state index in [0.717, 1.165) is 10.4 Å². The molecular weight excluding hydrogens is 600 g/mol. The van der Waals surface area contributed by atoms with Crippen LogP contribution >= 0.6 is 15.9 Å². The Labute approximate surface area is 279 Å². The second kappa shape index (κ2) is 11.3. The van der Waals surface area contributed by atoms with Crippen LogP contribution in [-0.2, 0) is 5.41 Å². The van der Waals surface area contributed by atoms with Gasteiger partial charge in [0.25, 0.3) is 0 Å². The Hall–Kier alpha value is -0.500. The van der Waals surface area contributed by atoms with Gasteiger partial charge < -0.3 is 5.11 Å². The van der Waals surface area contributed by atoms with Crippen LogP contribution in [0.1, 0.15) is 187 Å². The van der Waals surface area contributed by atoms with Crippen LogP contribution in [0.5, 0.6) is 5.75 Å². The summed E-state index contributed by atoms with van der Waals surface area (Å²) < 4.78 is 0.914. The normalized spacial score (nSPS) is 45.0. The van der Waals surface area contributed by atoms with Crippen LogP contribution in [0.15, 0.2) is 22.7 Å². The van der Waals surface area contributed by atoms with Gasteiger partial charge in [-0.15, -0.1) is 0 Å². The number of unbranched alkanes of at least 4 members (excludes halogenated alkanes) is 4. The first-order valence-corrected chi connectivity index (χ1v) is 20.3. The molecule has 0 radical (unpaired) electrons. The van der Waals surface area contributed by atoms with Gasteiger partial charge in [-0.05, 0) is 180 Å². The van der Waals surface area contributed by atoms with Gasteiger partial charge in [-0.1, -0.05) is 85.1 Å². The van der Waals surface area contributed by atoms with Gasteiger partial charge in [0.05, 0.1) is 4.47 Å². The first-order valence-electron chi connectivity index (χ1n) is 19.5. The van der Waals surface area contributed by atoms with E-state index in [-0.39, 0.29) is 5.41 Å². The van der Waals surface area contributed by atoms with E-state index in [4.69, 9.17) is 0 Å². The van der Waals surface area contributed by atoms with Gasteiger partial charge >= 0.3 is 0 Å². The molecule has 1 aromatic carbocycles. The van der Waals surface area contributed by atoms with Gasteiger partial charge in [-0.2, -0.15) is 0 Å². The summed E-state index contributed by atoms with van der Waals surface area (Å²) in [6.07, 6.45) is 35.4. The minimum atomic E-state index is 0.281. The minimum absolute atomic E-state index is 0.281. The fraction of sp³-hybridized carbons (Fsp3) is 0.857. The molecule has 8 saturated carbocycles. The molecule has 0 saturated heterocycles. The number of phenols is 1. The first kappa shape index (κ1) is 32.1. The van der Waals surface area contributed by atoms with Crippen molar-refractivity contribution in [2.45, 2.75) is 187 Å². The highest BCUT2D eigenvalue weighted by atomic mass is 79.9. The molecule has 0 aliphatic heterocycles. The van der Waals surface area contributed by atoms with Crippen LogP contribution in [0.2, 0.25) is 0 Å². The van der Waals surface area contributed by atoms with Crippen LogP contribution < -0.4 is 0 Å². The molecule has 246 valence electrons. The van der Waals surface area contributed by atoms with Crippen LogP contribution in [-0.4, -0.2) is 5.11 Å². The van der Waals surface area contributed by atoms with Gasteiger partial charge in [-0.25, -0.2) is 0 Å². The standard InChI is InChI=1S/C42H65BrO/c1-5-9-15-36-20-32-21-37(23-36,16-10-6-2)28-41(22-32,27-36)42-29-38(17-11-7-3)24-39(30-42,18-12-8-4)26-40(25-38,31-42)33-13-14-35(44)34(43)19-33/h13-14,19,32,44H,5-12,15-18,20-31H2,1-4H3. The molecule has 1 aromatic rings. The summed E-state index contributed by atoms with van der Waals surface area (Å²) >= 11 is 3.79. The van der Waals surface area contributed by atoms with Crippen LogP contribution in [0.25, 0.3) is 0 Å². The molecule has 4 unspecified atom stereocenters. The van der Waals surface area contributed by atoms with Gasteiger partial charge in [0.1, 0.15) is 5.75 Å². The SMILES string of the molecule is CCCCC12CC3CC(CCCC)(C1)CC(C14CC5(CCCC)CC(CCCC)(CC(c6ccc(O)c(Br)c6)(C5)C1)C4)(C3)C2. The van der Waals surface area contributed by atoms with Crippen molar-refractivity contribution in [1.29, 1.82) is 0 Å². The monoisotopic (exact) mass is 664 g/mol. The molecule has 1 nitrogen and oxygen atoms in total. The molecule has 44 heavy (non-hydrogen) atoms. The minimum Gasteiger partial charge on any atom is -0.507 e. The molecule has 8 aliphatic rings. The summed E-state index contributed by atoms with van der Waals surface area (Å²) in [5.74, 6) is 1.40. The third-order valence-electron chi connectivity index (χ3n) is 15.5. The highest BCUT2D eigenvalue weighted by Gasteiger charge is 2.76. The van der Waals surface area contributed by atoms with E-state index in [1.807, 2.05) is 6.07 Å². The van der Waals surface area contributed by atoms with Crippen molar-refractivity contribution in [3.05, 3.63) is 28.2 Å². The topological polar surface area (TPSA) is 20.2 Å². The third-order valence-corrected chi connectivity index (χ3v) is 16.1. The van der Waals surface area contributed by atoms with E-state index >= 15 is 0 Å². The zero-order chi connectivity index (χ0) is 30.9. The van der Waals surface area contributed by atoms with E-state index in [0.29, 0.717) is 38.2 Å². The van der Waals surface area contributed by atoms with E-state index < -0.39 is 0 Å². The molecule has 8 fully saturated rings. The Morgan fingerprint density at radius 3 is 1.57 bits per heavy atom. The number of hydrogen-bond acceptors (Lipinski definition) is 1. The number of benzene rings is 1. The molecule has 8 bridgehead atoms. The van der Waals surface area contributed by atoms with Crippen molar-refractivity contribution in [2.24, 2.45) is 38.4 Å². The van der Waals surface area contributed by atoms with Crippen molar-refractivity contribution in [1.82, 2.24) is 0 Å². The van der Waals surface area contributed by atoms with Gasteiger partial charge in [0.2, 0.25) is 0 Å². The largest absolute Gasteiger partial charge is 0.507 e. The lowest BCUT2D eigenvalue weighted by Gasteiger charge is -2.80. The predicted molar refractivity (Wildman–Crippen MR) is 189 cm³/mol. The summed E-state index contributed by atoms with van der Waals surface area (Å²) in [7, 11) is 0. The van der Waals surface area contributed by atoms with Crippen molar-refractivity contribution in [3.8, 4) is 5.75 Å². The smallest absolute Gasteiger partial charge is 0.129 e. The summed E-state index contributed by atoms with van der Waals surface area (Å²) in [6.45, 7) is 9.75. The number of aromatic hydroxyl groups is 1. The Bertz CT molecular complexity index is 1170. The lowest BCUT2D eigenvalue weighted by molar-refractivity contribution is -0.283. The van der Waals surface area contributed by atoms with Crippen LogP contribution in [0.3, 0.4) is 0 Å². The third kappa shape index (κ3) is 5.02. The maximum atomic E-state index is 10.6. The fourth-order valence-electron chi connectivity index (χ4n) is 15.5. The Morgan fingerprint density at radius 1 is 0.591 bits per heavy atom.